The molecule has 0 aliphatic heterocycles. The molecule has 4 aromatic carbocycles. The van der Waals surface area contributed by atoms with Crippen molar-refractivity contribution >= 4 is 27.5 Å². The first-order valence-electron chi connectivity index (χ1n) is 13.5. The van der Waals surface area contributed by atoms with E-state index in [-0.39, 0.29) is 29.4 Å². The predicted molar refractivity (Wildman–Crippen MR) is 160 cm³/mol. The highest BCUT2D eigenvalue weighted by molar-refractivity contribution is 7.92. The van der Waals surface area contributed by atoms with E-state index in [2.05, 4.69) is 10.0 Å². The second-order valence-corrected chi connectivity index (χ2v) is 11.4. The van der Waals surface area contributed by atoms with Crippen LogP contribution in [0.2, 0.25) is 0 Å². The smallest absolute Gasteiger partial charge is 0.261 e. The molecule has 0 heterocycles. The molecule has 2 amide bonds. The minimum absolute atomic E-state index is 0.0119. The third-order valence-corrected chi connectivity index (χ3v) is 8.07. The van der Waals surface area contributed by atoms with Gasteiger partial charge in [0.1, 0.15) is 29.2 Å². The largest absolute Gasteiger partial charge is 0.496 e. The Balaban J connectivity index is 1.42. The molecule has 0 unspecified atom stereocenters. The van der Waals surface area contributed by atoms with Crippen molar-refractivity contribution in [3.05, 3.63) is 120 Å². The van der Waals surface area contributed by atoms with Crippen LogP contribution < -0.4 is 19.5 Å². The third kappa shape index (κ3) is 8.54. The number of ether oxygens (including phenoxy) is 2. The number of hydrogen-bond donors (Lipinski definition) is 2. The quantitative estimate of drug-likeness (QED) is 0.219. The molecule has 230 valence electrons. The Morgan fingerprint density at radius 1 is 0.864 bits per heavy atom. The molecule has 0 radical (unpaired) electrons. The maximum Gasteiger partial charge on any atom is 0.261 e. The Morgan fingerprint density at radius 2 is 1.48 bits per heavy atom. The molecule has 0 fully saturated rings. The molecule has 44 heavy (non-hydrogen) atoms. The highest BCUT2D eigenvalue weighted by Gasteiger charge is 2.27. The van der Waals surface area contributed by atoms with E-state index in [0.717, 1.165) is 17.7 Å². The van der Waals surface area contributed by atoms with Gasteiger partial charge in [0.2, 0.25) is 5.91 Å². The summed E-state index contributed by atoms with van der Waals surface area (Å²) in [6, 6.07) is 22.1. The molecule has 0 spiro atoms. The van der Waals surface area contributed by atoms with Crippen LogP contribution in [0.3, 0.4) is 0 Å². The fourth-order valence-electron chi connectivity index (χ4n) is 4.22. The molecular weight excluding hydrogens is 592 g/mol. The monoisotopic (exact) mass is 623 g/mol. The Hall–Kier alpha value is -4.97. The summed E-state index contributed by atoms with van der Waals surface area (Å²) in [6.07, 6.45) is 0. The SMILES string of the molecule is COc1ccccc1CNC(=O)[C@H](C)N(Cc1ccc(F)cc1)C(=O)COc1ccc(S(=O)(=O)Nc2ccc(F)cc2)cc1. The zero-order valence-corrected chi connectivity index (χ0v) is 24.8. The first-order valence-corrected chi connectivity index (χ1v) is 15.0. The lowest BCUT2D eigenvalue weighted by atomic mass is 10.1. The number of anilines is 1. The van der Waals surface area contributed by atoms with Gasteiger partial charge in [-0.25, -0.2) is 17.2 Å². The normalized spacial score (nSPS) is 11.7. The van der Waals surface area contributed by atoms with Gasteiger partial charge in [0.15, 0.2) is 6.61 Å². The summed E-state index contributed by atoms with van der Waals surface area (Å²) in [5.41, 5.74) is 1.56. The summed E-state index contributed by atoms with van der Waals surface area (Å²) in [5.74, 6) is -1.05. The van der Waals surface area contributed by atoms with Gasteiger partial charge in [-0.15, -0.1) is 0 Å². The number of methoxy groups -OCH3 is 1. The number of para-hydroxylation sites is 1. The van der Waals surface area contributed by atoms with Crippen LogP contribution in [-0.2, 0) is 32.7 Å². The van der Waals surface area contributed by atoms with Crippen LogP contribution in [0, 0.1) is 11.6 Å². The van der Waals surface area contributed by atoms with E-state index in [4.69, 9.17) is 9.47 Å². The number of sulfonamides is 1. The first kappa shape index (κ1) is 32.0. The van der Waals surface area contributed by atoms with Gasteiger partial charge in [-0.2, -0.15) is 0 Å². The predicted octanol–water partition coefficient (Wildman–Crippen LogP) is 4.89. The van der Waals surface area contributed by atoms with Crippen LogP contribution in [0.15, 0.2) is 102 Å². The second kappa shape index (κ2) is 14.5. The Morgan fingerprint density at radius 3 is 2.11 bits per heavy atom. The van der Waals surface area contributed by atoms with Crippen LogP contribution in [0.4, 0.5) is 14.5 Å². The zero-order chi connectivity index (χ0) is 31.7. The summed E-state index contributed by atoms with van der Waals surface area (Å²) >= 11 is 0. The van der Waals surface area contributed by atoms with Crippen LogP contribution in [-0.4, -0.2) is 44.9 Å². The molecule has 0 aliphatic carbocycles. The Bertz CT molecular complexity index is 1680. The minimum Gasteiger partial charge on any atom is -0.496 e. The first-order chi connectivity index (χ1) is 21.1. The van der Waals surface area contributed by atoms with E-state index in [1.54, 1.807) is 13.0 Å². The van der Waals surface area contributed by atoms with Crippen molar-refractivity contribution in [2.24, 2.45) is 0 Å². The van der Waals surface area contributed by atoms with E-state index in [1.165, 1.54) is 72.7 Å². The number of halogens is 2. The highest BCUT2D eigenvalue weighted by atomic mass is 32.2. The molecule has 4 aromatic rings. The van der Waals surface area contributed by atoms with Gasteiger partial charge in [0.25, 0.3) is 15.9 Å². The molecule has 0 aliphatic rings. The molecule has 12 heteroatoms. The topological polar surface area (TPSA) is 114 Å². The average Bonchev–Trinajstić information content (AvgIpc) is 3.03. The minimum atomic E-state index is -3.96. The second-order valence-electron chi connectivity index (χ2n) is 9.73. The summed E-state index contributed by atoms with van der Waals surface area (Å²) in [5, 5.41) is 2.82. The lowest BCUT2D eigenvalue weighted by Crippen LogP contribution is -2.48. The summed E-state index contributed by atoms with van der Waals surface area (Å²) in [7, 11) is -2.43. The molecule has 0 bridgehead atoms. The van der Waals surface area contributed by atoms with Gasteiger partial charge in [0, 0.05) is 24.3 Å². The number of nitrogens with zero attached hydrogens (tertiary/aromatic N) is 1. The van der Waals surface area contributed by atoms with Crippen molar-refractivity contribution in [3.63, 3.8) is 0 Å². The van der Waals surface area contributed by atoms with E-state index in [0.29, 0.717) is 11.3 Å². The van der Waals surface area contributed by atoms with E-state index < -0.39 is 46.1 Å². The van der Waals surface area contributed by atoms with Gasteiger partial charge < -0.3 is 19.7 Å². The van der Waals surface area contributed by atoms with Crippen molar-refractivity contribution in [1.82, 2.24) is 10.2 Å². The van der Waals surface area contributed by atoms with E-state index >= 15 is 0 Å². The summed E-state index contributed by atoms with van der Waals surface area (Å²) in [4.78, 5) is 27.7. The number of carbonyl (C=O) groups excluding carboxylic acids is 2. The van der Waals surface area contributed by atoms with Gasteiger partial charge in [0.05, 0.1) is 12.0 Å². The van der Waals surface area contributed by atoms with Gasteiger partial charge in [-0.3, -0.25) is 14.3 Å². The Kier molecular flexibility index (Phi) is 10.5. The van der Waals surface area contributed by atoms with Crippen LogP contribution in [0.25, 0.3) is 0 Å². The third-order valence-electron chi connectivity index (χ3n) is 6.67. The van der Waals surface area contributed by atoms with E-state index in [1.807, 2.05) is 18.2 Å². The molecular formula is C32H31F2N3O6S. The lowest BCUT2D eigenvalue weighted by Gasteiger charge is -2.29. The van der Waals surface area contributed by atoms with Crippen LogP contribution in [0.1, 0.15) is 18.1 Å². The average molecular weight is 624 g/mol. The number of hydrogen-bond acceptors (Lipinski definition) is 6. The summed E-state index contributed by atoms with van der Waals surface area (Å²) in [6.45, 7) is 1.31. The number of rotatable bonds is 13. The van der Waals surface area contributed by atoms with Crippen molar-refractivity contribution in [1.29, 1.82) is 0 Å². The van der Waals surface area contributed by atoms with Crippen molar-refractivity contribution in [2.75, 3.05) is 18.4 Å². The lowest BCUT2D eigenvalue weighted by molar-refractivity contribution is -0.142. The standard InChI is InChI=1S/C32H31F2N3O6S/c1-22(32(39)35-19-24-5-3-4-6-30(24)42-2)37(20-23-7-9-25(33)10-8-23)31(38)21-43-28-15-17-29(18-16-28)44(40,41)36-27-13-11-26(34)12-14-27/h3-18,22,36H,19-21H2,1-2H3,(H,35,39)/t22-/m0/s1. The molecule has 1 atom stereocenters. The van der Waals surface area contributed by atoms with Crippen LogP contribution >= 0.6 is 0 Å². The molecule has 4 rings (SSSR count). The number of nitrogens with one attached hydrogen (secondary N) is 2. The highest BCUT2D eigenvalue weighted by Crippen LogP contribution is 2.21. The van der Waals surface area contributed by atoms with Gasteiger partial charge in [-0.1, -0.05) is 30.3 Å². The summed E-state index contributed by atoms with van der Waals surface area (Å²) < 4.78 is 65.3. The van der Waals surface area contributed by atoms with Crippen LogP contribution in [0.5, 0.6) is 11.5 Å². The fourth-order valence-corrected chi connectivity index (χ4v) is 5.28. The van der Waals surface area contributed by atoms with Crippen molar-refractivity contribution < 1.29 is 36.3 Å². The van der Waals surface area contributed by atoms with Gasteiger partial charge in [-0.05, 0) is 79.2 Å². The maximum atomic E-state index is 13.5. The van der Waals surface area contributed by atoms with Gasteiger partial charge >= 0.3 is 0 Å². The zero-order valence-electron chi connectivity index (χ0n) is 24.0. The number of benzene rings is 4. The Labute approximate surface area is 254 Å². The fraction of sp³-hybridized carbons (Fsp3) is 0.188. The molecule has 0 aromatic heterocycles. The molecule has 0 saturated carbocycles. The maximum absolute atomic E-state index is 13.5. The number of amides is 2. The molecule has 0 saturated heterocycles. The molecule has 9 nitrogen and oxygen atoms in total. The van der Waals surface area contributed by atoms with E-state index in [9.17, 15) is 26.8 Å². The van der Waals surface area contributed by atoms with Crippen molar-refractivity contribution in [2.45, 2.75) is 31.0 Å². The number of carbonyl (C=O) groups is 2. The molecule has 2 N–H and O–H groups in total. The van der Waals surface area contributed by atoms with Crippen molar-refractivity contribution in [3.8, 4) is 11.5 Å².